The summed E-state index contributed by atoms with van der Waals surface area (Å²) in [7, 11) is 1.61. The molecular weight excluding hydrogens is 407 g/mol. The number of hydrogen-bond donors (Lipinski definition) is 1. The zero-order valence-corrected chi connectivity index (χ0v) is 17.7. The van der Waals surface area contributed by atoms with Gasteiger partial charge in [-0.3, -0.25) is 0 Å². The smallest absolute Gasteiger partial charge is 0.251 e. The third-order valence-corrected chi connectivity index (χ3v) is 5.34. The third kappa shape index (κ3) is 3.85. The van der Waals surface area contributed by atoms with Crippen molar-refractivity contribution in [3.8, 4) is 17.2 Å². The van der Waals surface area contributed by atoms with Gasteiger partial charge in [0.15, 0.2) is 5.75 Å². The summed E-state index contributed by atoms with van der Waals surface area (Å²) in [6, 6.07) is 18.3. The first-order valence-electron chi connectivity index (χ1n) is 10.3. The van der Waals surface area contributed by atoms with Crippen molar-refractivity contribution in [2.24, 2.45) is 0 Å². The van der Waals surface area contributed by atoms with Gasteiger partial charge in [-0.2, -0.15) is 0 Å². The van der Waals surface area contributed by atoms with Gasteiger partial charge in [-0.25, -0.2) is 9.37 Å². The van der Waals surface area contributed by atoms with Crippen LogP contribution in [0.25, 0.3) is 22.5 Å². The maximum Gasteiger partial charge on any atom is 0.251 e. The van der Waals surface area contributed by atoms with Crippen LogP contribution in [-0.2, 0) is 12.8 Å². The summed E-state index contributed by atoms with van der Waals surface area (Å²) in [5.41, 5.74) is 5.31. The van der Waals surface area contributed by atoms with Gasteiger partial charge in [0.05, 0.1) is 24.6 Å². The molecule has 0 radical (unpaired) electrons. The average molecular weight is 428 g/mol. The van der Waals surface area contributed by atoms with Crippen molar-refractivity contribution in [1.29, 1.82) is 0 Å². The lowest BCUT2D eigenvalue weighted by Crippen LogP contribution is -1.92. The number of aryl methyl sites for hydroxylation is 1. The fraction of sp³-hybridized carbons (Fsp3) is 0.160. The van der Waals surface area contributed by atoms with E-state index >= 15 is 0 Å². The van der Waals surface area contributed by atoms with Crippen molar-refractivity contribution in [2.75, 3.05) is 7.11 Å². The lowest BCUT2D eigenvalue weighted by Gasteiger charge is -2.08. The van der Waals surface area contributed by atoms with Crippen LogP contribution in [0.15, 0.2) is 65.1 Å². The highest BCUT2D eigenvalue weighted by Crippen LogP contribution is 2.37. The van der Waals surface area contributed by atoms with Gasteiger partial charge in [-0.05, 0) is 41.8 Å². The number of imidazole rings is 1. The van der Waals surface area contributed by atoms with Gasteiger partial charge in [-0.15, -0.1) is 10.2 Å². The van der Waals surface area contributed by atoms with E-state index in [1.54, 1.807) is 19.2 Å². The Morgan fingerprint density at radius 1 is 0.969 bits per heavy atom. The second-order valence-electron chi connectivity index (χ2n) is 7.65. The van der Waals surface area contributed by atoms with E-state index in [0.717, 1.165) is 33.5 Å². The molecule has 6 nitrogen and oxygen atoms in total. The van der Waals surface area contributed by atoms with Gasteiger partial charge in [0.2, 0.25) is 5.89 Å². The molecule has 0 aliphatic carbocycles. The van der Waals surface area contributed by atoms with Crippen LogP contribution in [0.5, 0.6) is 5.75 Å². The molecule has 5 aromatic rings. The van der Waals surface area contributed by atoms with E-state index in [0.29, 0.717) is 35.9 Å². The van der Waals surface area contributed by atoms with Crippen LogP contribution in [-0.4, -0.2) is 27.3 Å². The Balaban J connectivity index is 1.50. The van der Waals surface area contributed by atoms with Gasteiger partial charge < -0.3 is 14.1 Å². The van der Waals surface area contributed by atoms with Crippen molar-refractivity contribution in [3.05, 3.63) is 94.9 Å². The average Bonchev–Trinajstić information content (AvgIpc) is 3.43. The monoisotopic (exact) mass is 428 g/mol. The second kappa shape index (κ2) is 8.26. The lowest BCUT2D eigenvalue weighted by molar-refractivity contribution is 0.417. The zero-order chi connectivity index (χ0) is 22.1. The number of aromatic amines is 1. The molecule has 5 rings (SSSR count). The summed E-state index contributed by atoms with van der Waals surface area (Å²) in [5.74, 6) is 2.03. The Kier molecular flexibility index (Phi) is 5.15. The standard InChI is InChI=1S/C25H21FN4O2/c1-15-12-19(25-30-29-21(32-25)14-16-6-4-3-5-7-16)24(31-2)23-22(15)27-20(28-23)13-17-8-10-18(26)11-9-17/h3-12H,13-14H2,1-2H3,(H,27,28). The van der Waals surface area contributed by atoms with Crippen molar-refractivity contribution < 1.29 is 13.5 Å². The number of halogens is 1. The Morgan fingerprint density at radius 2 is 1.72 bits per heavy atom. The van der Waals surface area contributed by atoms with Crippen LogP contribution in [0.2, 0.25) is 0 Å². The summed E-state index contributed by atoms with van der Waals surface area (Å²) >= 11 is 0. The first kappa shape index (κ1) is 19.9. The molecule has 2 heterocycles. The fourth-order valence-electron chi connectivity index (χ4n) is 3.81. The van der Waals surface area contributed by atoms with Crippen LogP contribution in [0.3, 0.4) is 0 Å². The van der Waals surface area contributed by atoms with Crippen LogP contribution in [0, 0.1) is 12.7 Å². The number of hydrogen-bond acceptors (Lipinski definition) is 5. The maximum absolute atomic E-state index is 13.2. The lowest BCUT2D eigenvalue weighted by atomic mass is 10.1. The highest BCUT2D eigenvalue weighted by atomic mass is 19.1. The molecule has 1 N–H and O–H groups in total. The second-order valence-corrected chi connectivity index (χ2v) is 7.65. The first-order valence-corrected chi connectivity index (χ1v) is 10.3. The summed E-state index contributed by atoms with van der Waals surface area (Å²) < 4.78 is 24.9. The van der Waals surface area contributed by atoms with Crippen LogP contribution in [0.4, 0.5) is 4.39 Å². The Hall–Kier alpha value is -4.00. The number of H-pyrrole nitrogens is 1. The number of nitrogens with one attached hydrogen (secondary N) is 1. The number of nitrogens with zero attached hydrogens (tertiary/aromatic N) is 3. The van der Waals surface area contributed by atoms with E-state index in [9.17, 15) is 4.39 Å². The predicted molar refractivity (Wildman–Crippen MR) is 119 cm³/mol. The quantitative estimate of drug-likeness (QED) is 0.400. The van der Waals surface area contributed by atoms with Gasteiger partial charge in [-0.1, -0.05) is 42.5 Å². The molecule has 0 saturated carbocycles. The third-order valence-electron chi connectivity index (χ3n) is 5.34. The Morgan fingerprint density at radius 3 is 2.47 bits per heavy atom. The highest BCUT2D eigenvalue weighted by Gasteiger charge is 2.20. The minimum absolute atomic E-state index is 0.258. The Labute approximate surface area is 184 Å². The first-order chi connectivity index (χ1) is 15.6. The van der Waals surface area contributed by atoms with E-state index < -0.39 is 0 Å². The van der Waals surface area contributed by atoms with Crippen molar-refractivity contribution in [1.82, 2.24) is 20.2 Å². The number of aromatic nitrogens is 4. The summed E-state index contributed by atoms with van der Waals surface area (Å²) in [5, 5.41) is 8.47. The SMILES string of the molecule is COc1c(-c2nnc(Cc3ccccc3)o2)cc(C)c2nc(Cc3ccc(F)cc3)[nH]c12. The van der Waals surface area contributed by atoms with Gasteiger partial charge in [0.1, 0.15) is 17.2 Å². The fourth-order valence-corrected chi connectivity index (χ4v) is 3.81. The van der Waals surface area contributed by atoms with Crippen molar-refractivity contribution in [3.63, 3.8) is 0 Å². The zero-order valence-electron chi connectivity index (χ0n) is 17.7. The van der Waals surface area contributed by atoms with E-state index in [1.807, 2.05) is 43.3 Å². The number of methoxy groups -OCH3 is 1. The summed E-state index contributed by atoms with van der Waals surface area (Å²) in [6.07, 6.45) is 1.11. The van der Waals surface area contributed by atoms with Gasteiger partial charge in [0, 0.05) is 6.42 Å². The number of rotatable bonds is 6. The molecule has 7 heteroatoms. The molecular formula is C25H21FN4O2. The number of fused-ring (bicyclic) bond motifs is 1. The van der Waals surface area contributed by atoms with E-state index in [-0.39, 0.29) is 5.82 Å². The predicted octanol–water partition coefficient (Wildman–Crippen LogP) is 5.25. The molecule has 0 atom stereocenters. The van der Waals surface area contributed by atoms with Crippen LogP contribution < -0.4 is 4.74 Å². The molecule has 2 aromatic heterocycles. The highest BCUT2D eigenvalue weighted by molar-refractivity contribution is 5.91. The van der Waals surface area contributed by atoms with E-state index in [4.69, 9.17) is 14.1 Å². The molecule has 0 spiro atoms. The van der Waals surface area contributed by atoms with Crippen molar-refractivity contribution >= 4 is 11.0 Å². The van der Waals surface area contributed by atoms with Gasteiger partial charge >= 0.3 is 0 Å². The molecule has 0 fully saturated rings. The number of ether oxygens (including phenoxy) is 1. The normalized spacial score (nSPS) is 11.2. The van der Waals surface area contributed by atoms with E-state index in [1.165, 1.54) is 12.1 Å². The molecule has 0 amide bonds. The molecule has 0 aliphatic heterocycles. The minimum atomic E-state index is -0.258. The van der Waals surface area contributed by atoms with E-state index in [2.05, 4.69) is 15.2 Å². The Bertz CT molecular complexity index is 1370. The molecule has 3 aromatic carbocycles. The van der Waals surface area contributed by atoms with Crippen molar-refractivity contribution in [2.45, 2.75) is 19.8 Å². The number of benzene rings is 3. The van der Waals surface area contributed by atoms with Crippen LogP contribution >= 0.6 is 0 Å². The molecule has 160 valence electrons. The summed E-state index contributed by atoms with van der Waals surface area (Å²) in [4.78, 5) is 8.09. The topological polar surface area (TPSA) is 76.8 Å². The van der Waals surface area contributed by atoms with Crippen LogP contribution in [0.1, 0.15) is 28.4 Å². The summed E-state index contributed by atoms with van der Waals surface area (Å²) in [6.45, 7) is 1.98. The molecule has 32 heavy (non-hydrogen) atoms. The molecule has 0 unspecified atom stereocenters. The maximum atomic E-state index is 13.2. The van der Waals surface area contributed by atoms with Gasteiger partial charge in [0.25, 0.3) is 5.89 Å². The minimum Gasteiger partial charge on any atom is -0.494 e. The molecule has 0 saturated heterocycles. The molecule has 0 aliphatic rings. The largest absolute Gasteiger partial charge is 0.494 e. The molecule has 0 bridgehead atoms.